The molecule has 0 bridgehead atoms. The van der Waals surface area contributed by atoms with Crippen LogP contribution in [-0.2, 0) is 25.4 Å². The third-order valence-electron chi connectivity index (χ3n) is 3.86. The molecule has 0 aromatic heterocycles. The van der Waals surface area contributed by atoms with Gasteiger partial charge in [0.05, 0.1) is 25.3 Å². The van der Waals surface area contributed by atoms with Crippen molar-refractivity contribution in [2.75, 3.05) is 12.4 Å². The molecule has 1 unspecified atom stereocenters. The van der Waals surface area contributed by atoms with Crippen LogP contribution >= 0.6 is 0 Å². The number of rotatable bonds is 8. The molecule has 2 rings (SSSR count). The fraction of sp³-hybridized carbons (Fsp3) is 0.263. The van der Waals surface area contributed by atoms with Gasteiger partial charge in [-0.15, -0.1) is 0 Å². The molecule has 150 valence electrons. The summed E-state index contributed by atoms with van der Waals surface area (Å²) in [5, 5.41) is 10.5. The first-order chi connectivity index (χ1) is 13.2. The molecule has 4 N–H and O–H groups in total. The summed E-state index contributed by atoms with van der Waals surface area (Å²) in [7, 11) is -2.11. The van der Waals surface area contributed by atoms with Gasteiger partial charge in [-0.25, -0.2) is 13.6 Å². The number of nitrogens with two attached hydrogens (primary N) is 1. The summed E-state index contributed by atoms with van der Waals surface area (Å²) in [5.41, 5.74) is 1.67. The Morgan fingerprint density at radius 3 is 2.39 bits per heavy atom. The van der Waals surface area contributed by atoms with Gasteiger partial charge in [-0.2, -0.15) is 0 Å². The van der Waals surface area contributed by atoms with E-state index in [1.54, 1.807) is 55.6 Å². The molecule has 0 aliphatic carbocycles. The number of primary sulfonamides is 1. The van der Waals surface area contributed by atoms with Gasteiger partial charge in [0.25, 0.3) is 0 Å². The third-order valence-corrected chi connectivity index (χ3v) is 4.60. The van der Waals surface area contributed by atoms with Gasteiger partial charge in [0.2, 0.25) is 21.8 Å². The van der Waals surface area contributed by atoms with Crippen molar-refractivity contribution in [2.24, 2.45) is 5.14 Å². The van der Waals surface area contributed by atoms with E-state index in [4.69, 9.17) is 9.88 Å². The first-order valence-electron chi connectivity index (χ1n) is 8.46. The molecule has 0 aliphatic heterocycles. The largest absolute Gasteiger partial charge is 0.497 e. The van der Waals surface area contributed by atoms with E-state index in [2.05, 4.69) is 10.6 Å². The number of carbonyl (C=O) groups excluding carboxylic acids is 2. The molecule has 0 spiro atoms. The minimum atomic E-state index is -3.67. The average Bonchev–Trinajstić information content (AvgIpc) is 2.59. The number of carbonyl (C=O) groups is 2. The second kappa shape index (κ2) is 9.34. The van der Waals surface area contributed by atoms with E-state index < -0.39 is 16.1 Å². The van der Waals surface area contributed by atoms with E-state index in [0.29, 0.717) is 17.0 Å². The van der Waals surface area contributed by atoms with Crippen LogP contribution in [0.2, 0.25) is 0 Å². The topological polar surface area (TPSA) is 128 Å². The second-order valence-electron chi connectivity index (χ2n) is 6.29. The van der Waals surface area contributed by atoms with Crippen molar-refractivity contribution in [1.82, 2.24) is 5.32 Å². The van der Waals surface area contributed by atoms with Crippen LogP contribution in [-0.4, -0.2) is 27.3 Å². The summed E-state index contributed by atoms with van der Waals surface area (Å²) in [6.07, 6.45) is 0.00528. The molecular weight excluding hydrogens is 382 g/mol. The molecule has 2 amide bonds. The maximum Gasteiger partial charge on any atom is 0.226 e. The summed E-state index contributed by atoms with van der Waals surface area (Å²) < 4.78 is 27.6. The zero-order valence-corrected chi connectivity index (χ0v) is 16.5. The van der Waals surface area contributed by atoms with Gasteiger partial charge < -0.3 is 15.4 Å². The lowest BCUT2D eigenvalue weighted by Gasteiger charge is -2.18. The second-order valence-corrected chi connectivity index (χ2v) is 7.90. The van der Waals surface area contributed by atoms with E-state index in [9.17, 15) is 18.0 Å². The zero-order chi connectivity index (χ0) is 20.7. The molecule has 2 aromatic rings. The first-order valence-corrected chi connectivity index (χ1v) is 10.2. The van der Waals surface area contributed by atoms with Crippen LogP contribution in [0.3, 0.4) is 0 Å². The van der Waals surface area contributed by atoms with Gasteiger partial charge in [0, 0.05) is 12.6 Å². The molecule has 0 saturated heterocycles. The first kappa shape index (κ1) is 21.4. The number of nitrogens with one attached hydrogen (secondary N) is 2. The minimum absolute atomic E-state index is 0.00528. The van der Waals surface area contributed by atoms with Gasteiger partial charge in [-0.3, -0.25) is 9.59 Å². The van der Waals surface area contributed by atoms with Crippen LogP contribution < -0.4 is 20.5 Å². The summed E-state index contributed by atoms with van der Waals surface area (Å²) in [6, 6.07) is 13.0. The van der Waals surface area contributed by atoms with Crippen molar-refractivity contribution in [3.8, 4) is 5.75 Å². The lowest BCUT2D eigenvalue weighted by molar-refractivity contribution is -0.120. The molecule has 0 heterocycles. The minimum Gasteiger partial charge on any atom is -0.497 e. The van der Waals surface area contributed by atoms with Gasteiger partial charge >= 0.3 is 0 Å². The number of amides is 2. The highest BCUT2D eigenvalue weighted by Gasteiger charge is 2.18. The lowest BCUT2D eigenvalue weighted by Crippen LogP contribution is -2.29. The van der Waals surface area contributed by atoms with Crippen molar-refractivity contribution in [1.29, 1.82) is 0 Å². The highest BCUT2D eigenvalue weighted by Crippen LogP contribution is 2.21. The van der Waals surface area contributed by atoms with Crippen molar-refractivity contribution in [3.63, 3.8) is 0 Å². The number of anilines is 1. The monoisotopic (exact) mass is 405 g/mol. The average molecular weight is 405 g/mol. The predicted octanol–water partition coefficient (Wildman–Crippen LogP) is 1.69. The van der Waals surface area contributed by atoms with Crippen molar-refractivity contribution in [2.45, 2.75) is 25.1 Å². The Labute approximate surface area is 164 Å². The van der Waals surface area contributed by atoms with Crippen LogP contribution in [0.1, 0.15) is 30.5 Å². The van der Waals surface area contributed by atoms with Crippen LogP contribution in [0.5, 0.6) is 5.75 Å². The van der Waals surface area contributed by atoms with Gasteiger partial charge in [0.15, 0.2) is 0 Å². The Morgan fingerprint density at radius 2 is 1.82 bits per heavy atom. The molecule has 1 atom stereocenters. The molecule has 2 aromatic carbocycles. The van der Waals surface area contributed by atoms with E-state index in [0.717, 1.165) is 5.56 Å². The van der Waals surface area contributed by atoms with E-state index in [1.165, 1.54) is 6.92 Å². The highest BCUT2D eigenvalue weighted by molar-refractivity contribution is 7.88. The van der Waals surface area contributed by atoms with Crippen molar-refractivity contribution < 1.29 is 22.7 Å². The fourth-order valence-electron chi connectivity index (χ4n) is 2.70. The van der Waals surface area contributed by atoms with Crippen LogP contribution in [0, 0.1) is 0 Å². The van der Waals surface area contributed by atoms with Crippen LogP contribution in [0.25, 0.3) is 0 Å². The number of benzene rings is 2. The molecule has 0 saturated carbocycles. The Balaban J connectivity index is 2.10. The van der Waals surface area contributed by atoms with Crippen LogP contribution in [0.4, 0.5) is 5.69 Å². The number of hydrogen-bond donors (Lipinski definition) is 3. The summed E-state index contributed by atoms with van der Waals surface area (Å²) in [5.74, 6) is -0.246. The summed E-state index contributed by atoms with van der Waals surface area (Å²) >= 11 is 0. The molecule has 9 heteroatoms. The maximum absolute atomic E-state index is 12.5. The quantitative estimate of drug-likeness (QED) is 0.616. The zero-order valence-electron chi connectivity index (χ0n) is 15.6. The fourth-order valence-corrected chi connectivity index (χ4v) is 3.35. The number of sulfonamides is 1. The highest BCUT2D eigenvalue weighted by atomic mass is 32.2. The van der Waals surface area contributed by atoms with Gasteiger partial charge in [-0.1, -0.05) is 24.3 Å². The lowest BCUT2D eigenvalue weighted by atomic mass is 10.0. The molecule has 0 fully saturated rings. The number of hydrogen-bond acceptors (Lipinski definition) is 5. The normalized spacial score (nSPS) is 12.1. The maximum atomic E-state index is 12.5. The Morgan fingerprint density at radius 1 is 1.14 bits per heavy atom. The Hall–Kier alpha value is -2.91. The number of methoxy groups -OCH3 is 1. The molecule has 0 radical (unpaired) electrons. The van der Waals surface area contributed by atoms with E-state index in [-0.39, 0.29) is 24.0 Å². The SMILES string of the molecule is COc1ccc(C(CC(=O)Nc2cccc(CS(N)(=O)=O)c2)NC(C)=O)cc1. The molecule has 8 nitrogen and oxygen atoms in total. The third kappa shape index (κ3) is 7.01. The van der Waals surface area contributed by atoms with Crippen molar-refractivity contribution >= 4 is 27.5 Å². The summed E-state index contributed by atoms with van der Waals surface area (Å²) in [4.78, 5) is 24.0. The smallest absolute Gasteiger partial charge is 0.226 e. The van der Waals surface area contributed by atoms with Crippen LogP contribution in [0.15, 0.2) is 48.5 Å². The van der Waals surface area contributed by atoms with E-state index >= 15 is 0 Å². The standard InChI is InChI=1S/C19H23N3O5S/c1-13(23)21-18(15-6-8-17(27-2)9-7-15)11-19(24)22-16-5-3-4-14(10-16)12-28(20,25)26/h3-10,18H,11-12H2,1-2H3,(H,21,23)(H,22,24)(H2,20,25,26). The molecular formula is C19H23N3O5S. The molecule has 0 aliphatic rings. The predicted molar refractivity (Wildman–Crippen MR) is 106 cm³/mol. The molecule has 28 heavy (non-hydrogen) atoms. The van der Waals surface area contributed by atoms with E-state index in [1.807, 2.05) is 0 Å². The van der Waals surface area contributed by atoms with Crippen molar-refractivity contribution in [3.05, 3.63) is 59.7 Å². The Kier molecular flexibility index (Phi) is 7.13. The van der Waals surface area contributed by atoms with Gasteiger partial charge in [0.1, 0.15) is 5.75 Å². The Bertz CT molecular complexity index is 942. The summed E-state index contributed by atoms with van der Waals surface area (Å²) in [6.45, 7) is 1.38. The van der Waals surface area contributed by atoms with Gasteiger partial charge in [-0.05, 0) is 35.4 Å². The number of ether oxygens (including phenoxy) is 1.